The molecule has 0 aliphatic rings. The van der Waals surface area contributed by atoms with Crippen LogP contribution in [-0.4, -0.2) is 30.2 Å². The summed E-state index contributed by atoms with van der Waals surface area (Å²) in [6.45, 7) is 0.120. The van der Waals surface area contributed by atoms with Crippen LogP contribution < -0.4 is 10.1 Å². The molecule has 0 saturated heterocycles. The molecule has 1 aromatic heterocycles. The van der Waals surface area contributed by atoms with Crippen LogP contribution in [0.25, 0.3) is 0 Å². The van der Waals surface area contributed by atoms with Crippen molar-refractivity contribution in [3.63, 3.8) is 0 Å². The summed E-state index contributed by atoms with van der Waals surface area (Å²) >= 11 is 0. The van der Waals surface area contributed by atoms with Crippen molar-refractivity contribution in [2.75, 3.05) is 19.5 Å². The molecule has 1 N–H and O–H groups in total. The Balaban J connectivity index is 2.16. The van der Waals surface area contributed by atoms with Crippen LogP contribution in [0, 0.1) is 0 Å². The van der Waals surface area contributed by atoms with Crippen molar-refractivity contribution in [2.45, 2.75) is 12.7 Å². The fraction of sp³-hybridized carbons (Fsp3) is 0.267. The topological polar surface area (TPSA) is 73.3 Å². The van der Waals surface area contributed by atoms with Crippen LogP contribution >= 0.6 is 0 Å². The van der Waals surface area contributed by atoms with Crippen molar-refractivity contribution in [1.82, 2.24) is 9.97 Å². The van der Waals surface area contributed by atoms with Gasteiger partial charge < -0.3 is 14.8 Å². The monoisotopic (exact) mass is 341 g/mol. The first kappa shape index (κ1) is 17.5. The van der Waals surface area contributed by atoms with E-state index in [-0.39, 0.29) is 18.1 Å². The van der Waals surface area contributed by atoms with Gasteiger partial charge in [0.25, 0.3) is 0 Å². The van der Waals surface area contributed by atoms with Gasteiger partial charge in [-0.15, -0.1) is 0 Å². The van der Waals surface area contributed by atoms with E-state index in [9.17, 15) is 18.0 Å². The van der Waals surface area contributed by atoms with Crippen molar-refractivity contribution in [1.29, 1.82) is 0 Å². The van der Waals surface area contributed by atoms with Crippen LogP contribution in [0.5, 0.6) is 5.75 Å². The first-order valence-corrected chi connectivity index (χ1v) is 6.74. The number of esters is 1. The van der Waals surface area contributed by atoms with Crippen molar-refractivity contribution in [3.05, 3.63) is 47.3 Å². The maximum absolute atomic E-state index is 12.6. The lowest BCUT2D eigenvalue weighted by Gasteiger charge is -2.11. The van der Waals surface area contributed by atoms with Gasteiger partial charge in [0, 0.05) is 12.7 Å². The molecule has 0 bridgehead atoms. The molecule has 0 aliphatic heterocycles. The Morgan fingerprint density at radius 1 is 1.25 bits per heavy atom. The van der Waals surface area contributed by atoms with Gasteiger partial charge in [0.2, 0.25) is 5.95 Å². The summed E-state index contributed by atoms with van der Waals surface area (Å²) < 4.78 is 47.6. The molecule has 0 saturated carbocycles. The minimum Gasteiger partial charge on any atom is -0.496 e. The number of methoxy groups -OCH3 is 2. The number of alkyl halides is 3. The number of nitrogens with one attached hydrogen (secondary N) is 1. The number of hydrogen-bond acceptors (Lipinski definition) is 6. The third-order valence-electron chi connectivity index (χ3n) is 3.07. The molecule has 0 unspecified atom stereocenters. The maximum atomic E-state index is 12.6. The highest BCUT2D eigenvalue weighted by Crippen LogP contribution is 2.27. The molecule has 1 heterocycles. The summed E-state index contributed by atoms with van der Waals surface area (Å²) in [5, 5.41) is 2.68. The fourth-order valence-electron chi connectivity index (χ4n) is 1.92. The second kappa shape index (κ2) is 7.16. The number of halogens is 3. The number of benzene rings is 1. The van der Waals surface area contributed by atoms with Crippen molar-refractivity contribution < 1.29 is 27.4 Å². The van der Waals surface area contributed by atoms with Gasteiger partial charge in [-0.3, -0.25) is 0 Å². The lowest BCUT2D eigenvalue weighted by Crippen LogP contribution is -2.12. The van der Waals surface area contributed by atoms with Crippen LogP contribution in [-0.2, 0) is 17.5 Å². The van der Waals surface area contributed by atoms with E-state index < -0.39 is 17.8 Å². The van der Waals surface area contributed by atoms with Crippen molar-refractivity contribution in [2.24, 2.45) is 0 Å². The van der Waals surface area contributed by atoms with Crippen LogP contribution in [0.1, 0.15) is 21.6 Å². The van der Waals surface area contributed by atoms with E-state index in [1.165, 1.54) is 20.3 Å². The molecular weight excluding hydrogens is 327 g/mol. The van der Waals surface area contributed by atoms with Gasteiger partial charge in [0.1, 0.15) is 17.0 Å². The van der Waals surface area contributed by atoms with Gasteiger partial charge in [-0.1, -0.05) is 6.07 Å². The largest absolute Gasteiger partial charge is 0.496 e. The molecule has 24 heavy (non-hydrogen) atoms. The molecule has 0 spiro atoms. The van der Waals surface area contributed by atoms with Crippen LogP contribution in [0.2, 0.25) is 0 Å². The van der Waals surface area contributed by atoms with E-state index in [1.807, 2.05) is 0 Å². The SMILES string of the molecule is COC(=O)c1cc(CNc2nccc(C(F)(F)F)n2)ccc1OC. The summed E-state index contributed by atoms with van der Waals surface area (Å²) in [6.07, 6.45) is -3.52. The lowest BCUT2D eigenvalue weighted by atomic mass is 10.1. The number of ether oxygens (including phenoxy) is 2. The van der Waals surface area contributed by atoms with Crippen LogP contribution in [0.4, 0.5) is 19.1 Å². The maximum Gasteiger partial charge on any atom is 0.433 e. The smallest absolute Gasteiger partial charge is 0.433 e. The van der Waals surface area contributed by atoms with Crippen molar-refractivity contribution in [3.8, 4) is 5.75 Å². The van der Waals surface area contributed by atoms with Gasteiger partial charge in [0.15, 0.2) is 0 Å². The average molecular weight is 341 g/mol. The Hall–Kier alpha value is -2.84. The molecule has 6 nitrogen and oxygen atoms in total. The summed E-state index contributed by atoms with van der Waals surface area (Å²) in [4.78, 5) is 18.8. The van der Waals surface area contributed by atoms with Gasteiger partial charge >= 0.3 is 12.1 Å². The molecule has 2 rings (SSSR count). The Bertz CT molecular complexity index is 735. The number of aromatic nitrogens is 2. The van der Waals surface area contributed by atoms with Crippen LogP contribution in [0.15, 0.2) is 30.5 Å². The lowest BCUT2D eigenvalue weighted by molar-refractivity contribution is -0.141. The van der Waals surface area contributed by atoms with E-state index >= 15 is 0 Å². The zero-order chi connectivity index (χ0) is 17.7. The molecule has 1 aromatic carbocycles. The third kappa shape index (κ3) is 4.12. The Morgan fingerprint density at radius 3 is 2.62 bits per heavy atom. The number of rotatable bonds is 5. The first-order valence-electron chi connectivity index (χ1n) is 6.74. The minimum absolute atomic E-state index is 0.120. The third-order valence-corrected chi connectivity index (χ3v) is 3.07. The fourth-order valence-corrected chi connectivity index (χ4v) is 1.92. The molecule has 128 valence electrons. The Kier molecular flexibility index (Phi) is 5.22. The van der Waals surface area contributed by atoms with E-state index in [2.05, 4.69) is 20.0 Å². The Labute approximate surface area is 135 Å². The molecular formula is C15H14F3N3O3. The zero-order valence-electron chi connectivity index (χ0n) is 12.8. The second-order valence-electron chi connectivity index (χ2n) is 4.64. The van der Waals surface area contributed by atoms with E-state index in [0.29, 0.717) is 11.3 Å². The standard InChI is InChI=1S/C15H14F3N3O3/c1-23-11-4-3-9(7-10(11)13(22)24-2)8-20-14-19-6-5-12(21-14)15(16,17)18/h3-7H,8H2,1-2H3,(H,19,20,21). The first-order chi connectivity index (χ1) is 11.3. The molecule has 0 radical (unpaired) electrons. The highest BCUT2D eigenvalue weighted by Gasteiger charge is 2.32. The van der Waals surface area contributed by atoms with E-state index in [1.54, 1.807) is 12.1 Å². The van der Waals surface area contributed by atoms with Gasteiger partial charge in [-0.25, -0.2) is 14.8 Å². The molecule has 9 heteroatoms. The van der Waals surface area contributed by atoms with Gasteiger partial charge in [-0.2, -0.15) is 13.2 Å². The molecule has 0 aliphatic carbocycles. The number of anilines is 1. The minimum atomic E-state index is -4.54. The second-order valence-corrected chi connectivity index (χ2v) is 4.64. The number of nitrogens with zero attached hydrogens (tertiary/aromatic N) is 2. The summed E-state index contributed by atoms with van der Waals surface area (Å²) in [5.41, 5.74) is -0.202. The van der Waals surface area contributed by atoms with E-state index in [4.69, 9.17) is 4.74 Å². The number of hydrogen-bond donors (Lipinski definition) is 1. The average Bonchev–Trinajstić information content (AvgIpc) is 2.58. The highest BCUT2D eigenvalue weighted by atomic mass is 19.4. The summed E-state index contributed by atoms with van der Waals surface area (Å²) in [6, 6.07) is 5.53. The molecule has 0 atom stereocenters. The van der Waals surface area contributed by atoms with E-state index in [0.717, 1.165) is 12.3 Å². The summed E-state index contributed by atoms with van der Waals surface area (Å²) in [5.74, 6) is -0.412. The van der Waals surface area contributed by atoms with Crippen LogP contribution in [0.3, 0.4) is 0 Å². The molecule has 2 aromatic rings. The van der Waals surface area contributed by atoms with Gasteiger partial charge in [0.05, 0.1) is 14.2 Å². The normalized spacial score (nSPS) is 11.0. The number of carbonyl (C=O) groups is 1. The zero-order valence-corrected chi connectivity index (χ0v) is 12.8. The predicted molar refractivity (Wildman–Crippen MR) is 78.7 cm³/mol. The number of carbonyl (C=O) groups excluding carboxylic acids is 1. The van der Waals surface area contributed by atoms with Gasteiger partial charge in [-0.05, 0) is 23.8 Å². The predicted octanol–water partition coefficient (Wildman–Crippen LogP) is 2.90. The molecule has 0 fully saturated rings. The summed E-state index contributed by atoms with van der Waals surface area (Å²) in [7, 11) is 2.65. The highest BCUT2D eigenvalue weighted by molar-refractivity contribution is 5.92. The molecule has 0 amide bonds. The Morgan fingerprint density at radius 2 is 2.00 bits per heavy atom. The quantitative estimate of drug-likeness (QED) is 0.843. The van der Waals surface area contributed by atoms with Crippen molar-refractivity contribution >= 4 is 11.9 Å².